The number of thiazole rings is 1. The van der Waals surface area contributed by atoms with Gasteiger partial charge >= 0.3 is 0 Å². The number of hydrogen-bond acceptors (Lipinski definition) is 7. The van der Waals surface area contributed by atoms with E-state index in [4.69, 9.17) is 4.74 Å². The first-order valence-corrected chi connectivity index (χ1v) is 9.92. The Morgan fingerprint density at radius 2 is 2.19 bits per heavy atom. The number of carbonyl (C=O) groups is 1. The number of ether oxygens (including phenoxy) is 1. The normalized spacial score (nSPS) is 10.9. The topological polar surface area (TPSA) is 93.5 Å². The van der Waals surface area contributed by atoms with E-state index in [-0.39, 0.29) is 24.0 Å². The van der Waals surface area contributed by atoms with Crippen LogP contribution < -0.4 is 15.5 Å². The fourth-order valence-electron chi connectivity index (χ4n) is 2.51. The molecular formula is C18H19N3O4S2. The van der Waals surface area contributed by atoms with Gasteiger partial charge in [-0.25, -0.2) is 4.98 Å². The molecule has 0 bridgehead atoms. The SMILES string of the molecule is COc1ccc2sc(SCC(=O)NCc3c(O)c(=O)cc(C)n3C)nc2c1. The molecule has 7 nitrogen and oxygen atoms in total. The highest BCUT2D eigenvalue weighted by Gasteiger charge is 2.13. The Morgan fingerprint density at radius 3 is 2.93 bits per heavy atom. The Kier molecular flexibility index (Phi) is 5.71. The molecule has 3 aromatic rings. The highest BCUT2D eigenvalue weighted by molar-refractivity contribution is 8.01. The van der Waals surface area contributed by atoms with Crippen molar-refractivity contribution < 1.29 is 14.6 Å². The number of benzene rings is 1. The molecule has 0 aliphatic carbocycles. The largest absolute Gasteiger partial charge is 0.503 e. The van der Waals surface area contributed by atoms with Crippen molar-refractivity contribution in [3.63, 3.8) is 0 Å². The van der Waals surface area contributed by atoms with Gasteiger partial charge in [0, 0.05) is 24.9 Å². The van der Waals surface area contributed by atoms with Gasteiger partial charge in [-0.2, -0.15) is 0 Å². The second kappa shape index (κ2) is 8.01. The van der Waals surface area contributed by atoms with E-state index in [1.54, 1.807) is 25.6 Å². The summed E-state index contributed by atoms with van der Waals surface area (Å²) in [6.45, 7) is 1.85. The van der Waals surface area contributed by atoms with Crippen molar-refractivity contribution in [2.45, 2.75) is 17.8 Å². The summed E-state index contributed by atoms with van der Waals surface area (Å²) in [6, 6.07) is 7.03. The fourth-order valence-corrected chi connectivity index (χ4v) is 4.39. The van der Waals surface area contributed by atoms with Crippen LogP contribution in [-0.4, -0.2) is 33.4 Å². The molecule has 1 amide bonds. The number of carbonyl (C=O) groups excluding carboxylic acids is 1. The van der Waals surface area contributed by atoms with Gasteiger partial charge in [0.2, 0.25) is 11.3 Å². The molecular weight excluding hydrogens is 386 g/mol. The molecule has 9 heteroatoms. The molecule has 27 heavy (non-hydrogen) atoms. The quantitative estimate of drug-likeness (QED) is 0.612. The summed E-state index contributed by atoms with van der Waals surface area (Å²) in [6.07, 6.45) is 0. The second-order valence-corrected chi connectivity index (χ2v) is 8.14. The van der Waals surface area contributed by atoms with Crippen molar-refractivity contribution in [1.82, 2.24) is 14.9 Å². The standard InChI is InChI=1S/C18H19N3O4S2/c1-10-6-14(22)17(24)13(21(10)2)8-19-16(23)9-26-18-20-12-7-11(25-3)4-5-15(12)27-18/h4-7,24H,8-9H2,1-3H3,(H,19,23). The van der Waals surface area contributed by atoms with E-state index < -0.39 is 5.43 Å². The Hall–Kier alpha value is -2.52. The molecule has 2 aromatic heterocycles. The van der Waals surface area contributed by atoms with Crippen LogP contribution in [0.5, 0.6) is 11.5 Å². The maximum atomic E-state index is 12.2. The molecule has 0 fully saturated rings. The summed E-state index contributed by atoms with van der Waals surface area (Å²) in [5, 5.41) is 12.7. The van der Waals surface area contributed by atoms with Crippen LogP contribution in [0.15, 0.2) is 33.4 Å². The van der Waals surface area contributed by atoms with Crippen LogP contribution in [0, 0.1) is 6.92 Å². The maximum absolute atomic E-state index is 12.2. The lowest BCUT2D eigenvalue weighted by molar-refractivity contribution is -0.118. The number of aryl methyl sites for hydroxylation is 1. The number of aromatic hydroxyl groups is 1. The Labute approximate surface area is 164 Å². The van der Waals surface area contributed by atoms with Crippen LogP contribution in [0.4, 0.5) is 0 Å². The zero-order valence-electron chi connectivity index (χ0n) is 15.1. The molecule has 2 N–H and O–H groups in total. The summed E-state index contributed by atoms with van der Waals surface area (Å²) in [7, 11) is 3.34. The monoisotopic (exact) mass is 405 g/mol. The maximum Gasteiger partial charge on any atom is 0.230 e. The highest BCUT2D eigenvalue weighted by atomic mass is 32.2. The van der Waals surface area contributed by atoms with Crippen LogP contribution in [0.1, 0.15) is 11.4 Å². The van der Waals surface area contributed by atoms with Gasteiger partial charge in [0.1, 0.15) is 5.75 Å². The molecule has 0 aliphatic rings. The van der Waals surface area contributed by atoms with Crippen molar-refractivity contribution in [2.24, 2.45) is 7.05 Å². The van der Waals surface area contributed by atoms with Gasteiger partial charge in [0.15, 0.2) is 10.1 Å². The third kappa shape index (κ3) is 4.25. The molecule has 2 heterocycles. The van der Waals surface area contributed by atoms with E-state index in [9.17, 15) is 14.7 Å². The highest BCUT2D eigenvalue weighted by Crippen LogP contribution is 2.31. The van der Waals surface area contributed by atoms with Crippen LogP contribution >= 0.6 is 23.1 Å². The first-order valence-electron chi connectivity index (χ1n) is 8.11. The molecule has 1 aromatic carbocycles. The lowest BCUT2D eigenvalue weighted by atomic mass is 10.2. The first-order chi connectivity index (χ1) is 12.9. The molecule has 0 aliphatic heterocycles. The number of thioether (sulfide) groups is 1. The number of nitrogens with one attached hydrogen (secondary N) is 1. The van der Waals surface area contributed by atoms with E-state index >= 15 is 0 Å². The average molecular weight is 406 g/mol. The lowest BCUT2D eigenvalue weighted by Gasteiger charge is -2.14. The smallest absolute Gasteiger partial charge is 0.230 e. The number of fused-ring (bicyclic) bond motifs is 1. The third-order valence-electron chi connectivity index (χ3n) is 4.14. The van der Waals surface area contributed by atoms with Crippen LogP contribution in [0.25, 0.3) is 10.2 Å². The van der Waals surface area contributed by atoms with Crippen molar-refractivity contribution in [3.8, 4) is 11.5 Å². The van der Waals surface area contributed by atoms with Crippen molar-refractivity contribution in [3.05, 3.63) is 45.9 Å². The number of hydrogen-bond donors (Lipinski definition) is 2. The number of pyridine rings is 1. The number of rotatable bonds is 6. The molecule has 0 spiro atoms. The van der Waals surface area contributed by atoms with Gasteiger partial charge in [-0.1, -0.05) is 11.8 Å². The van der Waals surface area contributed by atoms with Crippen LogP contribution in [0.3, 0.4) is 0 Å². The molecule has 0 atom stereocenters. The Bertz CT molecular complexity index is 1060. The minimum Gasteiger partial charge on any atom is -0.503 e. The van der Waals surface area contributed by atoms with Crippen LogP contribution in [-0.2, 0) is 18.4 Å². The number of methoxy groups -OCH3 is 1. The molecule has 0 saturated carbocycles. The molecule has 3 rings (SSSR count). The van der Waals surface area contributed by atoms with E-state index in [2.05, 4.69) is 10.3 Å². The minimum atomic E-state index is -0.450. The molecule has 0 radical (unpaired) electrons. The Morgan fingerprint density at radius 1 is 1.41 bits per heavy atom. The molecule has 142 valence electrons. The second-order valence-electron chi connectivity index (χ2n) is 5.88. The third-order valence-corrected chi connectivity index (χ3v) is 6.31. The lowest BCUT2D eigenvalue weighted by Crippen LogP contribution is -2.27. The fraction of sp³-hybridized carbons (Fsp3) is 0.278. The van der Waals surface area contributed by atoms with Gasteiger partial charge < -0.3 is 19.7 Å². The van der Waals surface area contributed by atoms with Crippen LogP contribution in [0.2, 0.25) is 0 Å². The predicted molar refractivity (Wildman–Crippen MR) is 107 cm³/mol. The molecule has 0 saturated heterocycles. The van der Waals surface area contributed by atoms with Gasteiger partial charge in [0.05, 0.1) is 35.3 Å². The van der Waals surface area contributed by atoms with E-state index in [1.165, 1.54) is 29.2 Å². The average Bonchev–Trinajstić information content (AvgIpc) is 3.06. The van der Waals surface area contributed by atoms with Gasteiger partial charge in [-0.15, -0.1) is 11.3 Å². The van der Waals surface area contributed by atoms with Gasteiger partial charge in [-0.05, 0) is 19.1 Å². The molecule has 0 unspecified atom stereocenters. The summed E-state index contributed by atoms with van der Waals surface area (Å²) < 4.78 is 8.69. The number of amides is 1. The van der Waals surface area contributed by atoms with Crippen molar-refractivity contribution >= 4 is 39.2 Å². The van der Waals surface area contributed by atoms with Crippen molar-refractivity contribution in [2.75, 3.05) is 12.9 Å². The zero-order valence-corrected chi connectivity index (χ0v) is 16.7. The summed E-state index contributed by atoms with van der Waals surface area (Å²) in [5.74, 6) is 0.393. The van der Waals surface area contributed by atoms with E-state index in [0.717, 1.165) is 20.3 Å². The zero-order chi connectivity index (χ0) is 19.6. The predicted octanol–water partition coefficient (Wildman–Crippen LogP) is 2.43. The number of nitrogens with zero attached hydrogens (tertiary/aromatic N) is 2. The van der Waals surface area contributed by atoms with E-state index in [0.29, 0.717) is 11.4 Å². The van der Waals surface area contributed by atoms with E-state index in [1.807, 2.05) is 18.2 Å². The van der Waals surface area contributed by atoms with Crippen molar-refractivity contribution in [1.29, 1.82) is 0 Å². The van der Waals surface area contributed by atoms with Gasteiger partial charge in [-0.3, -0.25) is 9.59 Å². The Balaban J connectivity index is 1.61. The first kappa shape index (κ1) is 19.2. The van der Waals surface area contributed by atoms with Gasteiger partial charge in [0.25, 0.3) is 0 Å². The number of aromatic nitrogens is 2. The minimum absolute atomic E-state index is 0.0791. The summed E-state index contributed by atoms with van der Waals surface area (Å²) in [5.41, 5.74) is 1.47. The summed E-state index contributed by atoms with van der Waals surface area (Å²) >= 11 is 2.85. The summed E-state index contributed by atoms with van der Waals surface area (Å²) in [4.78, 5) is 28.4.